The number of aromatic hydroxyl groups is 1. The average molecular weight is 373 g/mol. The van der Waals surface area contributed by atoms with Crippen LogP contribution < -0.4 is 5.32 Å². The lowest BCUT2D eigenvalue weighted by Gasteiger charge is -2.15. The van der Waals surface area contributed by atoms with Crippen molar-refractivity contribution in [2.45, 2.75) is 33.1 Å². The highest BCUT2D eigenvalue weighted by Crippen LogP contribution is 2.29. The second-order valence-electron chi connectivity index (χ2n) is 7.24. The van der Waals surface area contributed by atoms with E-state index in [9.17, 15) is 9.90 Å². The van der Waals surface area contributed by atoms with Gasteiger partial charge in [-0.25, -0.2) is 0 Å². The highest BCUT2D eigenvalue weighted by molar-refractivity contribution is 5.99. The molecule has 0 aliphatic carbocycles. The molecule has 0 bridgehead atoms. The van der Waals surface area contributed by atoms with Crippen molar-refractivity contribution in [1.29, 1.82) is 0 Å². The number of carbonyl (C=O) groups is 1. The number of carbonyl (C=O) groups excluding carboxylic acids is 1. The number of fused-ring (bicyclic) bond motifs is 1. The number of phenolic OH excluding ortho intramolecular Hbond substituents is 1. The number of aryl methyl sites for hydroxylation is 1. The third-order valence-corrected chi connectivity index (χ3v) is 5.03. The quantitative estimate of drug-likeness (QED) is 0.694. The predicted octanol–water partition coefficient (Wildman–Crippen LogP) is 3.54. The van der Waals surface area contributed by atoms with Crippen LogP contribution in [0.5, 0.6) is 5.75 Å². The van der Waals surface area contributed by atoms with Crippen molar-refractivity contribution in [1.82, 2.24) is 15.2 Å². The van der Waals surface area contributed by atoms with Crippen molar-refractivity contribution >= 4 is 5.91 Å². The number of aromatic nitrogens is 1. The summed E-state index contributed by atoms with van der Waals surface area (Å²) in [7, 11) is 0. The third-order valence-electron chi connectivity index (χ3n) is 5.03. The second-order valence-corrected chi connectivity index (χ2v) is 7.24. The lowest BCUT2D eigenvalue weighted by molar-refractivity contribution is 0.0766. The number of phenols is 1. The van der Waals surface area contributed by atoms with Crippen LogP contribution in [0.1, 0.15) is 38.2 Å². The minimum Gasteiger partial charge on any atom is -0.508 e. The molecule has 0 unspecified atom stereocenters. The summed E-state index contributed by atoms with van der Waals surface area (Å²) in [6.45, 7) is 4.67. The first-order valence-corrected chi connectivity index (χ1v) is 9.39. The summed E-state index contributed by atoms with van der Waals surface area (Å²) in [6.07, 6.45) is 3.63. The molecule has 1 aliphatic rings. The van der Waals surface area contributed by atoms with Gasteiger partial charge in [-0.1, -0.05) is 30.3 Å². The molecule has 0 atom stereocenters. The molecule has 1 aromatic heterocycles. The lowest BCUT2D eigenvalue weighted by Crippen LogP contribution is -2.23. The van der Waals surface area contributed by atoms with Gasteiger partial charge in [0.15, 0.2) is 0 Å². The van der Waals surface area contributed by atoms with Gasteiger partial charge in [0, 0.05) is 44.1 Å². The molecule has 0 radical (unpaired) electrons. The fourth-order valence-electron chi connectivity index (χ4n) is 3.71. The van der Waals surface area contributed by atoms with E-state index in [0.717, 1.165) is 40.9 Å². The van der Waals surface area contributed by atoms with E-state index in [1.807, 2.05) is 42.3 Å². The van der Waals surface area contributed by atoms with Gasteiger partial charge in [0.25, 0.3) is 5.91 Å². The first kappa shape index (κ1) is 18.2. The third kappa shape index (κ3) is 3.89. The molecule has 2 N–H and O–H groups in total. The van der Waals surface area contributed by atoms with E-state index in [1.165, 1.54) is 5.56 Å². The van der Waals surface area contributed by atoms with Gasteiger partial charge in [0.2, 0.25) is 0 Å². The van der Waals surface area contributed by atoms with Crippen LogP contribution in [0, 0.1) is 6.92 Å². The molecule has 3 aromatic rings. The van der Waals surface area contributed by atoms with Crippen LogP contribution in [0.2, 0.25) is 0 Å². The van der Waals surface area contributed by atoms with Crippen LogP contribution in [0.4, 0.5) is 0 Å². The molecule has 0 saturated carbocycles. The normalized spacial score (nSPS) is 13.0. The van der Waals surface area contributed by atoms with Crippen LogP contribution in [0.15, 0.2) is 60.9 Å². The molecule has 28 heavy (non-hydrogen) atoms. The second kappa shape index (κ2) is 7.82. The summed E-state index contributed by atoms with van der Waals surface area (Å²) in [6, 6.07) is 15.2. The smallest absolute Gasteiger partial charge is 0.255 e. The maximum Gasteiger partial charge on any atom is 0.255 e. The fourth-order valence-corrected chi connectivity index (χ4v) is 3.71. The van der Waals surface area contributed by atoms with Crippen molar-refractivity contribution in [2.75, 3.05) is 0 Å². The fraction of sp³-hybridized carbons (Fsp3) is 0.217. The summed E-state index contributed by atoms with van der Waals surface area (Å²) >= 11 is 0. The number of benzene rings is 2. The maximum atomic E-state index is 12.9. The molecule has 1 amide bonds. The highest BCUT2D eigenvalue weighted by Gasteiger charge is 2.29. The first-order chi connectivity index (χ1) is 13.6. The van der Waals surface area contributed by atoms with E-state index in [4.69, 9.17) is 0 Å². The predicted molar refractivity (Wildman–Crippen MR) is 108 cm³/mol. The van der Waals surface area contributed by atoms with Crippen LogP contribution >= 0.6 is 0 Å². The standard InChI is InChI=1S/C23H23N3O2/c1-16-9-19(13-25-12-18-3-2-8-24-11-18)10-20-15-26(23(28)22(16)20)14-17-4-6-21(27)7-5-17/h2-11,25,27H,12-15H2,1H3. The summed E-state index contributed by atoms with van der Waals surface area (Å²) < 4.78 is 0. The van der Waals surface area contributed by atoms with E-state index < -0.39 is 0 Å². The Morgan fingerprint density at radius 3 is 2.61 bits per heavy atom. The van der Waals surface area contributed by atoms with Crippen molar-refractivity contribution in [3.63, 3.8) is 0 Å². The van der Waals surface area contributed by atoms with Crippen LogP contribution in [0.25, 0.3) is 0 Å². The van der Waals surface area contributed by atoms with E-state index in [0.29, 0.717) is 13.1 Å². The summed E-state index contributed by atoms with van der Waals surface area (Å²) in [5.41, 5.74) is 6.27. The molecule has 5 nitrogen and oxygen atoms in total. The molecule has 5 heteroatoms. The maximum absolute atomic E-state index is 12.9. The van der Waals surface area contributed by atoms with Gasteiger partial charge >= 0.3 is 0 Å². The van der Waals surface area contributed by atoms with Gasteiger partial charge in [-0.3, -0.25) is 9.78 Å². The zero-order valence-electron chi connectivity index (χ0n) is 15.9. The zero-order chi connectivity index (χ0) is 19.5. The molecule has 0 fully saturated rings. The first-order valence-electron chi connectivity index (χ1n) is 9.39. The van der Waals surface area contributed by atoms with Gasteiger partial charge in [-0.2, -0.15) is 0 Å². The molecule has 2 aromatic carbocycles. The highest BCUT2D eigenvalue weighted by atomic mass is 16.3. The number of amides is 1. The Kier molecular flexibility index (Phi) is 5.08. The Hall–Kier alpha value is -3.18. The molecule has 2 heterocycles. The van der Waals surface area contributed by atoms with E-state index >= 15 is 0 Å². The monoisotopic (exact) mass is 373 g/mol. The van der Waals surface area contributed by atoms with E-state index in [2.05, 4.69) is 22.4 Å². The van der Waals surface area contributed by atoms with E-state index in [1.54, 1.807) is 18.3 Å². The van der Waals surface area contributed by atoms with Crippen molar-refractivity contribution in [3.05, 3.63) is 94.3 Å². The average Bonchev–Trinajstić information content (AvgIpc) is 3.00. The van der Waals surface area contributed by atoms with Crippen LogP contribution in [-0.4, -0.2) is 20.9 Å². The van der Waals surface area contributed by atoms with Gasteiger partial charge in [-0.15, -0.1) is 0 Å². The van der Waals surface area contributed by atoms with Crippen LogP contribution in [0.3, 0.4) is 0 Å². The Labute approximate surface area is 164 Å². The molecule has 0 spiro atoms. The molecular weight excluding hydrogens is 350 g/mol. The summed E-state index contributed by atoms with van der Waals surface area (Å²) in [4.78, 5) is 18.8. The SMILES string of the molecule is Cc1cc(CNCc2cccnc2)cc2c1C(=O)N(Cc1ccc(O)cc1)C2. The molecule has 142 valence electrons. The Bertz CT molecular complexity index is 985. The number of hydrogen-bond acceptors (Lipinski definition) is 4. The van der Waals surface area contributed by atoms with Crippen LogP contribution in [-0.2, 0) is 26.2 Å². The number of hydrogen-bond donors (Lipinski definition) is 2. The van der Waals surface area contributed by atoms with Crippen molar-refractivity contribution < 1.29 is 9.90 Å². The Morgan fingerprint density at radius 2 is 1.86 bits per heavy atom. The minimum atomic E-state index is 0.0791. The Balaban J connectivity index is 1.44. The number of pyridine rings is 1. The van der Waals surface area contributed by atoms with Crippen molar-refractivity contribution in [3.8, 4) is 5.75 Å². The number of nitrogens with one attached hydrogen (secondary N) is 1. The van der Waals surface area contributed by atoms with E-state index in [-0.39, 0.29) is 11.7 Å². The van der Waals surface area contributed by atoms with Gasteiger partial charge < -0.3 is 15.3 Å². The number of rotatable bonds is 6. The van der Waals surface area contributed by atoms with Crippen molar-refractivity contribution in [2.24, 2.45) is 0 Å². The Morgan fingerprint density at radius 1 is 1.07 bits per heavy atom. The molecular formula is C23H23N3O2. The molecule has 0 saturated heterocycles. The zero-order valence-corrected chi connectivity index (χ0v) is 15.9. The lowest BCUT2D eigenvalue weighted by atomic mass is 10.0. The largest absolute Gasteiger partial charge is 0.508 e. The molecule has 1 aliphatic heterocycles. The summed E-state index contributed by atoms with van der Waals surface area (Å²) in [5.74, 6) is 0.314. The van der Waals surface area contributed by atoms with Gasteiger partial charge in [0.1, 0.15) is 5.75 Å². The van der Waals surface area contributed by atoms with Gasteiger partial charge in [-0.05, 0) is 52.9 Å². The summed E-state index contributed by atoms with van der Waals surface area (Å²) in [5, 5.41) is 12.9. The topological polar surface area (TPSA) is 65.5 Å². The number of nitrogens with zero attached hydrogens (tertiary/aromatic N) is 2. The molecule has 4 rings (SSSR count). The van der Waals surface area contributed by atoms with Gasteiger partial charge in [0.05, 0.1) is 0 Å². The minimum absolute atomic E-state index is 0.0791.